The van der Waals surface area contributed by atoms with Gasteiger partial charge in [-0.3, -0.25) is 0 Å². The van der Waals surface area contributed by atoms with Crippen LogP contribution in [-0.4, -0.2) is 4.57 Å². The number of fused-ring (bicyclic) bond motifs is 9. The largest absolute Gasteiger partial charge is 0.455 e. The van der Waals surface area contributed by atoms with Crippen molar-refractivity contribution in [1.29, 1.82) is 0 Å². The van der Waals surface area contributed by atoms with Crippen LogP contribution in [0.3, 0.4) is 0 Å². The monoisotopic (exact) mass is 778 g/mol. The number of benzene rings is 10. The molecule has 0 aliphatic rings. The summed E-state index contributed by atoms with van der Waals surface area (Å²) in [5.41, 5.74) is 13.3. The Kier molecular flexibility index (Phi) is 8.17. The van der Waals surface area contributed by atoms with Gasteiger partial charge in [0.2, 0.25) is 0 Å². The zero-order chi connectivity index (χ0) is 40.3. The Morgan fingerprint density at radius 2 is 0.803 bits per heavy atom. The summed E-state index contributed by atoms with van der Waals surface area (Å²) in [6, 6.07) is 82.6. The summed E-state index contributed by atoms with van der Waals surface area (Å²) in [6.07, 6.45) is 0. The van der Waals surface area contributed by atoms with Gasteiger partial charge in [-0.25, -0.2) is 0 Å². The van der Waals surface area contributed by atoms with Crippen LogP contribution in [0.25, 0.3) is 93.6 Å². The van der Waals surface area contributed by atoms with E-state index in [2.05, 4.69) is 240 Å². The summed E-state index contributed by atoms with van der Waals surface area (Å²) in [7, 11) is 0. The molecule has 12 rings (SSSR count). The average molecular weight is 779 g/mol. The lowest BCUT2D eigenvalue weighted by Crippen LogP contribution is -2.10. The number of anilines is 3. The molecule has 0 atom stereocenters. The van der Waals surface area contributed by atoms with Crippen LogP contribution < -0.4 is 4.90 Å². The maximum Gasteiger partial charge on any atom is 0.143 e. The lowest BCUT2D eigenvalue weighted by molar-refractivity contribution is 0.636. The van der Waals surface area contributed by atoms with Crippen molar-refractivity contribution < 1.29 is 4.42 Å². The quantitative estimate of drug-likeness (QED) is 0.150. The fourth-order valence-corrected chi connectivity index (χ4v) is 9.41. The van der Waals surface area contributed by atoms with Gasteiger partial charge in [0.25, 0.3) is 0 Å². The van der Waals surface area contributed by atoms with E-state index in [1.807, 2.05) is 0 Å². The van der Waals surface area contributed by atoms with Gasteiger partial charge in [-0.2, -0.15) is 0 Å². The van der Waals surface area contributed by atoms with Crippen LogP contribution >= 0.6 is 0 Å². The Balaban J connectivity index is 1.05. The van der Waals surface area contributed by atoms with Gasteiger partial charge in [-0.15, -0.1) is 0 Å². The number of furan rings is 1. The summed E-state index contributed by atoms with van der Waals surface area (Å²) in [5, 5.41) is 8.29. The predicted molar refractivity (Wildman–Crippen MR) is 257 cm³/mol. The van der Waals surface area contributed by atoms with Crippen LogP contribution in [0.1, 0.15) is 0 Å². The van der Waals surface area contributed by atoms with Crippen molar-refractivity contribution in [3.05, 3.63) is 231 Å². The van der Waals surface area contributed by atoms with Crippen molar-refractivity contribution in [2.45, 2.75) is 0 Å². The van der Waals surface area contributed by atoms with Crippen LogP contribution in [0.2, 0.25) is 0 Å². The molecule has 0 saturated carbocycles. The van der Waals surface area contributed by atoms with E-state index in [9.17, 15) is 0 Å². The molecule has 0 aliphatic heterocycles. The molecule has 0 unspecified atom stereocenters. The zero-order valence-electron chi connectivity index (χ0n) is 33.2. The molecule has 2 heterocycles. The first-order chi connectivity index (χ1) is 30.3. The molecule has 0 bridgehead atoms. The lowest BCUT2D eigenvalue weighted by Gasteiger charge is -2.26. The molecule has 3 nitrogen and oxygen atoms in total. The molecular formula is C58H38N2O. The Labute approximate surface area is 353 Å². The summed E-state index contributed by atoms with van der Waals surface area (Å²) in [5.74, 6) is 0.864. The molecule has 0 spiro atoms. The van der Waals surface area contributed by atoms with E-state index in [0.29, 0.717) is 0 Å². The predicted octanol–water partition coefficient (Wildman–Crippen LogP) is 16.3. The van der Waals surface area contributed by atoms with E-state index < -0.39 is 0 Å². The van der Waals surface area contributed by atoms with Crippen molar-refractivity contribution in [2.75, 3.05) is 4.90 Å². The van der Waals surface area contributed by atoms with E-state index in [-0.39, 0.29) is 0 Å². The standard InChI is InChI=1S/C58H38N2O/c1-4-16-39(17-5-1)40-28-32-44(33-29-40)59(46-36-37-54-52(38-46)49-24-14-15-27-53(49)60(54)43-20-8-3-9-21-43)45-34-30-42(31-35-45)57-55(41-18-6-2-7-19-41)56-50-25-12-10-22-47(50)48-23-11-13-26-51(48)58(56)61-57/h1-38H. The molecule has 0 fully saturated rings. The first-order valence-electron chi connectivity index (χ1n) is 20.8. The van der Waals surface area contributed by atoms with E-state index in [1.165, 1.54) is 49.1 Å². The number of hydrogen-bond acceptors (Lipinski definition) is 2. The fourth-order valence-electron chi connectivity index (χ4n) is 9.41. The molecule has 61 heavy (non-hydrogen) atoms. The molecular weight excluding hydrogens is 741 g/mol. The van der Waals surface area contributed by atoms with Gasteiger partial charge in [-0.1, -0.05) is 158 Å². The van der Waals surface area contributed by atoms with Gasteiger partial charge in [-0.05, 0) is 106 Å². The van der Waals surface area contributed by atoms with Gasteiger partial charge < -0.3 is 13.9 Å². The van der Waals surface area contributed by atoms with Crippen LogP contribution in [0, 0.1) is 0 Å². The van der Waals surface area contributed by atoms with Crippen molar-refractivity contribution in [3.8, 4) is 39.3 Å². The maximum absolute atomic E-state index is 7.10. The van der Waals surface area contributed by atoms with Crippen molar-refractivity contribution in [1.82, 2.24) is 4.57 Å². The van der Waals surface area contributed by atoms with Crippen molar-refractivity contribution in [3.63, 3.8) is 0 Å². The highest BCUT2D eigenvalue weighted by Crippen LogP contribution is 2.48. The topological polar surface area (TPSA) is 21.3 Å². The zero-order valence-corrected chi connectivity index (χ0v) is 33.2. The van der Waals surface area contributed by atoms with Crippen molar-refractivity contribution in [2.24, 2.45) is 0 Å². The number of rotatable bonds is 7. The highest BCUT2D eigenvalue weighted by molar-refractivity contribution is 6.28. The van der Waals surface area contributed by atoms with Gasteiger partial charge >= 0.3 is 0 Å². The van der Waals surface area contributed by atoms with E-state index >= 15 is 0 Å². The number of nitrogens with zero attached hydrogens (tertiary/aromatic N) is 2. The van der Waals surface area contributed by atoms with E-state index in [4.69, 9.17) is 4.42 Å². The summed E-state index contributed by atoms with van der Waals surface area (Å²) >= 11 is 0. The minimum atomic E-state index is 0.864. The molecule has 0 amide bonds. The SMILES string of the molecule is c1ccc(-c2ccc(N(c3ccc(-c4oc5c6ccccc6c6ccccc6c5c4-c4ccccc4)cc3)c3ccc4c(c3)c3ccccc3n4-c3ccccc3)cc2)cc1. The molecule has 286 valence electrons. The minimum absolute atomic E-state index is 0.864. The summed E-state index contributed by atoms with van der Waals surface area (Å²) < 4.78 is 9.47. The second kappa shape index (κ2) is 14.3. The molecule has 3 heteroatoms. The Morgan fingerprint density at radius 1 is 0.328 bits per heavy atom. The Morgan fingerprint density at radius 3 is 1.48 bits per heavy atom. The number of aromatic nitrogens is 1. The first kappa shape index (κ1) is 34.9. The van der Waals surface area contributed by atoms with Crippen LogP contribution in [0.5, 0.6) is 0 Å². The number of para-hydroxylation sites is 2. The van der Waals surface area contributed by atoms with Crippen LogP contribution in [-0.2, 0) is 0 Å². The van der Waals surface area contributed by atoms with Gasteiger partial charge in [0.1, 0.15) is 11.3 Å². The normalized spacial score (nSPS) is 11.6. The molecule has 12 aromatic rings. The lowest BCUT2D eigenvalue weighted by atomic mass is 9.92. The smallest absolute Gasteiger partial charge is 0.143 e. The fraction of sp³-hybridized carbons (Fsp3) is 0. The van der Waals surface area contributed by atoms with Gasteiger partial charge in [0, 0.05) is 55.4 Å². The van der Waals surface area contributed by atoms with E-state index in [0.717, 1.165) is 61.6 Å². The highest BCUT2D eigenvalue weighted by Gasteiger charge is 2.24. The first-order valence-corrected chi connectivity index (χ1v) is 20.8. The van der Waals surface area contributed by atoms with Gasteiger partial charge in [0.05, 0.1) is 11.0 Å². The second-order valence-electron chi connectivity index (χ2n) is 15.7. The highest BCUT2D eigenvalue weighted by atomic mass is 16.3. The Bertz CT molecular complexity index is 3550. The van der Waals surface area contributed by atoms with Crippen LogP contribution in [0.15, 0.2) is 235 Å². The third kappa shape index (κ3) is 5.74. The molecule has 0 radical (unpaired) electrons. The van der Waals surface area contributed by atoms with Crippen molar-refractivity contribution >= 4 is 71.4 Å². The Hall–Kier alpha value is -8.14. The molecule has 0 aliphatic carbocycles. The number of hydrogen-bond donors (Lipinski definition) is 0. The molecule has 10 aromatic carbocycles. The molecule has 0 saturated heterocycles. The summed E-state index contributed by atoms with van der Waals surface area (Å²) in [4.78, 5) is 2.37. The third-order valence-corrected chi connectivity index (χ3v) is 12.2. The minimum Gasteiger partial charge on any atom is -0.455 e. The van der Waals surface area contributed by atoms with E-state index in [1.54, 1.807) is 0 Å². The second-order valence-corrected chi connectivity index (χ2v) is 15.7. The third-order valence-electron chi connectivity index (χ3n) is 12.2. The molecule has 0 N–H and O–H groups in total. The molecule has 2 aromatic heterocycles. The summed E-state index contributed by atoms with van der Waals surface area (Å²) in [6.45, 7) is 0. The maximum atomic E-state index is 7.10. The van der Waals surface area contributed by atoms with Crippen LogP contribution in [0.4, 0.5) is 17.1 Å². The van der Waals surface area contributed by atoms with Gasteiger partial charge in [0.15, 0.2) is 0 Å². The average Bonchev–Trinajstić information content (AvgIpc) is 3.90.